The quantitative estimate of drug-likeness (QED) is 0.482. The van der Waals surface area contributed by atoms with Crippen molar-refractivity contribution >= 4 is 15.9 Å². The van der Waals surface area contributed by atoms with Crippen LogP contribution < -0.4 is 0 Å². The summed E-state index contributed by atoms with van der Waals surface area (Å²) in [5.74, 6) is 1.66. The maximum Gasteiger partial charge on any atom is 0.168 e. The zero-order valence-corrected chi connectivity index (χ0v) is 14.4. The molecule has 4 rings (SSSR count). The molecule has 0 saturated heterocycles. The minimum atomic E-state index is 0.830. The lowest BCUT2D eigenvalue weighted by Crippen LogP contribution is -2.00. The van der Waals surface area contributed by atoms with E-state index >= 15 is 0 Å². The van der Waals surface area contributed by atoms with Gasteiger partial charge in [0.25, 0.3) is 0 Å². The first-order chi connectivity index (χ1) is 11.8. The molecule has 0 aliphatic rings. The predicted octanol–water partition coefficient (Wildman–Crippen LogP) is 5.36. The molecule has 0 saturated carbocycles. The lowest BCUT2D eigenvalue weighted by Gasteiger charge is -2.11. The maximum atomic E-state index is 4.46. The molecule has 4 aromatic rings. The van der Waals surface area contributed by atoms with E-state index in [1.807, 2.05) is 72.8 Å². The molecule has 3 nitrogen and oxygen atoms in total. The van der Waals surface area contributed by atoms with Gasteiger partial charge in [-0.1, -0.05) is 76.6 Å². The summed E-state index contributed by atoms with van der Waals surface area (Å²) in [5, 5.41) is 8.93. The summed E-state index contributed by atoms with van der Waals surface area (Å²) < 4.78 is 3.14. The summed E-state index contributed by atoms with van der Waals surface area (Å²) in [6.07, 6.45) is 0. The third-order valence-corrected chi connectivity index (χ3v) is 4.34. The summed E-state index contributed by atoms with van der Waals surface area (Å²) >= 11 is 3.50. The number of aromatic nitrogens is 3. The van der Waals surface area contributed by atoms with Gasteiger partial charge in [0.15, 0.2) is 11.6 Å². The number of halogens is 1. The van der Waals surface area contributed by atoms with Crippen molar-refractivity contribution in [2.45, 2.75) is 0 Å². The summed E-state index contributed by atoms with van der Waals surface area (Å²) in [4.78, 5) is 0. The summed E-state index contributed by atoms with van der Waals surface area (Å²) in [6.45, 7) is 0. The third-order valence-electron chi connectivity index (χ3n) is 3.81. The molecule has 4 heteroatoms. The molecule has 0 aliphatic heterocycles. The van der Waals surface area contributed by atoms with E-state index in [9.17, 15) is 0 Å². The van der Waals surface area contributed by atoms with E-state index in [1.54, 1.807) is 0 Å². The Morgan fingerprint density at radius 1 is 0.583 bits per heavy atom. The Morgan fingerprint density at radius 2 is 1.04 bits per heavy atom. The Labute approximate surface area is 148 Å². The Morgan fingerprint density at radius 3 is 1.50 bits per heavy atom. The molecular weight excluding hydrogens is 362 g/mol. The smallest absolute Gasteiger partial charge is 0.168 e. The molecule has 1 aromatic heterocycles. The van der Waals surface area contributed by atoms with Crippen molar-refractivity contribution in [2.24, 2.45) is 0 Å². The normalized spacial score (nSPS) is 10.7. The highest BCUT2D eigenvalue weighted by Crippen LogP contribution is 2.28. The molecule has 0 radical (unpaired) electrons. The molecule has 0 fully saturated rings. The van der Waals surface area contributed by atoms with E-state index in [0.717, 1.165) is 32.9 Å². The van der Waals surface area contributed by atoms with Crippen molar-refractivity contribution in [3.63, 3.8) is 0 Å². The van der Waals surface area contributed by atoms with Crippen LogP contribution in [0.2, 0.25) is 0 Å². The lowest BCUT2D eigenvalue weighted by molar-refractivity contribution is 1.07. The summed E-state index contributed by atoms with van der Waals surface area (Å²) in [7, 11) is 0. The first kappa shape index (κ1) is 14.8. The lowest BCUT2D eigenvalue weighted by atomic mass is 10.1. The largest absolute Gasteiger partial charge is 0.275 e. The Bertz CT molecular complexity index is 888. The zero-order valence-electron chi connectivity index (χ0n) is 12.8. The Balaban J connectivity index is 1.96. The second-order valence-corrected chi connectivity index (χ2v) is 6.31. The minimum absolute atomic E-state index is 0.830. The second-order valence-electron chi connectivity index (χ2n) is 5.39. The SMILES string of the molecule is Brc1ccc(-n2c(-c3ccccc3)nnc2-c2ccccc2)cc1. The van der Waals surface area contributed by atoms with Crippen molar-refractivity contribution in [1.82, 2.24) is 14.8 Å². The van der Waals surface area contributed by atoms with Crippen LogP contribution in [-0.4, -0.2) is 14.8 Å². The second kappa shape index (κ2) is 6.42. The fourth-order valence-corrected chi connectivity index (χ4v) is 2.93. The average molecular weight is 376 g/mol. The van der Waals surface area contributed by atoms with Crippen LogP contribution in [0.25, 0.3) is 28.5 Å². The van der Waals surface area contributed by atoms with Gasteiger partial charge in [0, 0.05) is 21.3 Å². The Hall–Kier alpha value is -2.72. The fraction of sp³-hybridized carbons (Fsp3) is 0. The van der Waals surface area contributed by atoms with E-state index in [4.69, 9.17) is 0 Å². The van der Waals surface area contributed by atoms with Crippen LogP contribution in [-0.2, 0) is 0 Å². The molecule has 0 unspecified atom stereocenters. The van der Waals surface area contributed by atoms with Gasteiger partial charge in [-0.25, -0.2) is 0 Å². The van der Waals surface area contributed by atoms with E-state index in [0.29, 0.717) is 0 Å². The van der Waals surface area contributed by atoms with Crippen LogP contribution in [0.5, 0.6) is 0 Å². The highest BCUT2D eigenvalue weighted by atomic mass is 79.9. The summed E-state index contributed by atoms with van der Waals surface area (Å²) in [5.41, 5.74) is 3.10. The van der Waals surface area contributed by atoms with Crippen molar-refractivity contribution in [3.8, 4) is 28.5 Å². The zero-order chi connectivity index (χ0) is 16.4. The van der Waals surface area contributed by atoms with Crippen LogP contribution in [0.4, 0.5) is 0 Å². The first-order valence-electron chi connectivity index (χ1n) is 7.65. The molecule has 0 atom stereocenters. The standard InChI is InChI=1S/C20H14BrN3/c21-17-11-13-18(14-12-17)24-19(15-7-3-1-4-8-15)22-23-20(24)16-9-5-2-6-10-16/h1-14H. The van der Waals surface area contributed by atoms with Gasteiger partial charge < -0.3 is 0 Å². The molecule has 0 amide bonds. The van der Waals surface area contributed by atoms with Gasteiger partial charge in [0.05, 0.1) is 0 Å². The number of hydrogen-bond acceptors (Lipinski definition) is 2. The maximum absolute atomic E-state index is 4.46. The summed E-state index contributed by atoms with van der Waals surface area (Å²) in [6, 6.07) is 28.4. The number of hydrogen-bond donors (Lipinski definition) is 0. The van der Waals surface area contributed by atoms with Crippen LogP contribution in [0, 0.1) is 0 Å². The molecule has 0 aliphatic carbocycles. The molecule has 0 N–H and O–H groups in total. The Kier molecular flexibility index (Phi) is 3.97. The monoisotopic (exact) mass is 375 g/mol. The number of nitrogens with zero attached hydrogens (tertiary/aromatic N) is 3. The van der Waals surface area contributed by atoms with Gasteiger partial charge in [-0.15, -0.1) is 10.2 Å². The number of rotatable bonds is 3. The van der Waals surface area contributed by atoms with E-state index in [2.05, 4.69) is 42.8 Å². The van der Waals surface area contributed by atoms with Crippen LogP contribution >= 0.6 is 15.9 Å². The highest BCUT2D eigenvalue weighted by molar-refractivity contribution is 9.10. The molecule has 116 valence electrons. The van der Waals surface area contributed by atoms with Gasteiger partial charge in [-0.2, -0.15) is 0 Å². The molecular formula is C20H14BrN3. The van der Waals surface area contributed by atoms with Crippen molar-refractivity contribution in [1.29, 1.82) is 0 Å². The topological polar surface area (TPSA) is 30.7 Å². The fourth-order valence-electron chi connectivity index (χ4n) is 2.67. The van der Waals surface area contributed by atoms with Crippen LogP contribution in [0.1, 0.15) is 0 Å². The molecule has 24 heavy (non-hydrogen) atoms. The van der Waals surface area contributed by atoms with Gasteiger partial charge in [0.1, 0.15) is 0 Å². The van der Waals surface area contributed by atoms with E-state index in [-0.39, 0.29) is 0 Å². The number of benzene rings is 3. The van der Waals surface area contributed by atoms with E-state index in [1.165, 1.54) is 0 Å². The highest BCUT2D eigenvalue weighted by Gasteiger charge is 2.16. The van der Waals surface area contributed by atoms with Gasteiger partial charge in [-0.3, -0.25) is 4.57 Å². The first-order valence-corrected chi connectivity index (χ1v) is 8.44. The van der Waals surface area contributed by atoms with E-state index < -0.39 is 0 Å². The van der Waals surface area contributed by atoms with Gasteiger partial charge >= 0.3 is 0 Å². The predicted molar refractivity (Wildman–Crippen MR) is 99.9 cm³/mol. The molecule has 0 spiro atoms. The molecule has 1 heterocycles. The van der Waals surface area contributed by atoms with Crippen molar-refractivity contribution in [2.75, 3.05) is 0 Å². The van der Waals surface area contributed by atoms with Gasteiger partial charge in [0.2, 0.25) is 0 Å². The average Bonchev–Trinajstić information content (AvgIpc) is 3.09. The molecule has 0 bridgehead atoms. The van der Waals surface area contributed by atoms with Crippen LogP contribution in [0.15, 0.2) is 89.4 Å². The van der Waals surface area contributed by atoms with Gasteiger partial charge in [-0.05, 0) is 24.3 Å². The third kappa shape index (κ3) is 2.76. The van der Waals surface area contributed by atoms with Crippen molar-refractivity contribution in [3.05, 3.63) is 89.4 Å². The van der Waals surface area contributed by atoms with Crippen LogP contribution in [0.3, 0.4) is 0 Å². The minimum Gasteiger partial charge on any atom is -0.275 e. The molecule has 3 aromatic carbocycles. The van der Waals surface area contributed by atoms with Crippen molar-refractivity contribution < 1.29 is 0 Å².